The average molecular weight is 235 g/mol. The molecule has 0 N–H and O–H groups in total. The molecule has 0 heterocycles. The molecule has 0 aromatic heterocycles. The fourth-order valence-electron chi connectivity index (χ4n) is 1.47. The molecule has 0 amide bonds. The Bertz CT molecular complexity index is 421. The van der Waals surface area contributed by atoms with E-state index in [-0.39, 0.29) is 11.2 Å². The van der Waals surface area contributed by atoms with Crippen LogP contribution < -0.4 is 4.74 Å². The molecule has 17 heavy (non-hydrogen) atoms. The van der Waals surface area contributed by atoms with E-state index in [0.29, 0.717) is 12.4 Å². The summed E-state index contributed by atoms with van der Waals surface area (Å²) in [5.41, 5.74) is 0.632. The minimum absolute atomic E-state index is 0.291. The molecule has 0 unspecified atom stereocenters. The second kappa shape index (κ2) is 5.67. The lowest BCUT2D eigenvalue weighted by Crippen LogP contribution is -2.10. The monoisotopic (exact) mass is 235 g/mol. The number of halogens is 1. The fourth-order valence-corrected chi connectivity index (χ4v) is 1.47. The summed E-state index contributed by atoms with van der Waals surface area (Å²) >= 11 is 0. The van der Waals surface area contributed by atoms with Gasteiger partial charge in [0.05, 0.1) is 18.1 Å². The van der Waals surface area contributed by atoms with E-state index in [4.69, 9.17) is 10.00 Å². The molecule has 92 valence electrons. The molecule has 1 aromatic carbocycles. The molecule has 0 atom stereocenters. The van der Waals surface area contributed by atoms with Crippen molar-refractivity contribution < 1.29 is 9.13 Å². The number of hydrogen-bond donors (Lipinski definition) is 0. The standard InChI is InChI=1S/C14H18FNO/c1-11-5-6-12(15)13(9-11)17-8-4-7-14(2,3)10-16/h5-6,9H,4,7-8H2,1-3H3. The van der Waals surface area contributed by atoms with Crippen molar-refractivity contribution in [2.45, 2.75) is 33.6 Å². The van der Waals surface area contributed by atoms with Gasteiger partial charge in [0, 0.05) is 0 Å². The Morgan fingerprint density at radius 1 is 1.41 bits per heavy atom. The van der Waals surface area contributed by atoms with E-state index in [1.54, 1.807) is 12.1 Å². The third kappa shape index (κ3) is 4.44. The van der Waals surface area contributed by atoms with Crippen molar-refractivity contribution in [2.24, 2.45) is 5.41 Å². The Morgan fingerprint density at radius 3 is 2.76 bits per heavy atom. The van der Waals surface area contributed by atoms with Gasteiger partial charge in [0.25, 0.3) is 0 Å². The van der Waals surface area contributed by atoms with Crippen LogP contribution in [0.2, 0.25) is 0 Å². The maximum atomic E-state index is 13.3. The molecule has 0 radical (unpaired) electrons. The molecule has 1 aromatic rings. The van der Waals surface area contributed by atoms with Crippen LogP contribution in [-0.2, 0) is 0 Å². The van der Waals surface area contributed by atoms with E-state index in [0.717, 1.165) is 18.4 Å². The summed E-state index contributed by atoms with van der Waals surface area (Å²) in [7, 11) is 0. The SMILES string of the molecule is Cc1ccc(F)c(OCCCC(C)(C)C#N)c1. The third-order valence-corrected chi connectivity index (χ3v) is 2.59. The first kappa shape index (κ1) is 13.5. The predicted molar refractivity (Wildman–Crippen MR) is 65.3 cm³/mol. The van der Waals surface area contributed by atoms with Crippen LogP contribution in [0.15, 0.2) is 18.2 Å². The summed E-state index contributed by atoms with van der Waals surface area (Å²) < 4.78 is 18.7. The molecule has 0 bridgehead atoms. The average Bonchev–Trinajstić information content (AvgIpc) is 2.29. The maximum Gasteiger partial charge on any atom is 0.165 e. The fraction of sp³-hybridized carbons (Fsp3) is 0.500. The highest BCUT2D eigenvalue weighted by atomic mass is 19.1. The van der Waals surface area contributed by atoms with Crippen molar-refractivity contribution in [3.05, 3.63) is 29.6 Å². The van der Waals surface area contributed by atoms with Crippen molar-refractivity contribution in [3.8, 4) is 11.8 Å². The van der Waals surface area contributed by atoms with Gasteiger partial charge in [0.15, 0.2) is 11.6 Å². The summed E-state index contributed by atoms with van der Waals surface area (Å²) in [5.74, 6) is -0.0464. The zero-order valence-corrected chi connectivity index (χ0v) is 10.6. The molecule has 0 aliphatic rings. The van der Waals surface area contributed by atoms with Crippen molar-refractivity contribution >= 4 is 0 Å². The van der Waals surface area contributed by atoms with E-state index in [1.807, 2.05) is 20.8 Å². The van der Waals surface area contributed by atoms with Crippen molar-refractivity contribution in [3.63, 3.8) is 0 Å². The molecule has 3 heteroatoms. The first-order valence-corrected chi connectivity index (χ1v) is 5.75. The van der Waals surface area contributed by atoms with Gasteiger partial charge >= 0.3 is 0 Å². The molecule has 0 spiro atoms. The molecular formula is C14H18FNO. The lowest BCUT2D eigenvalue weighted by molar-refractivity contribution is 0.273. The van der Waals surface area contributed by atoms with E-state index in [2.05, 4.69) is 6.07 Å². The zero-order valence-electron chi connectivity index (χ0n) is 10.6. The third-order valence-electron chi connectivity index (χ3n) is 2.59. The number of nitriles is 1. The predicted octanol–water partition coefficient (Wildman–Crippen LogP) is 3.84. The summed E-state index contributed by atoms with van der Waals surface area (Å²) in [6, 6.07) is 7.03. The molecule has 1 rings (SSSR count). The van der Waals surface area contributed by atoms with Gasteiger partial charge in [0.2, 0.25) is 0 Å². The van der Waals surface area contributed by atoms with Crippen molar-refractivity contribution in [2.75, 3.05) is 6.61 Å². The number of hydrogen-bond acceptors (Lipinski definition) is 2. The number of ether oxygens (including phenoxy) is 1. The smallest absolute Gasteiger partial charge is 0.165 e. The van der Waals surface area contributed by atoms with Crippen LogP contribution in [0.3, 0.4) is 0 Å². The Kier molecular flexibility index (Phi) is 4.51. The van der Waals surface area contributed by atoms with Crippen LogP contribution in [0.1, 0.15) is 32.3 Å². The molecule has 0 aliphatic heterocycles. The minimum Gasteiger partial charge on any atom is -0.491 e. The van der Waals surface area contributed by atoms with Gasteiger partial charge in [0.1, 0.15) is 0 Å². The van der Waals surface area contributed by atoms with Crippen LogP contribution in [0.5, 0.6) is 5.75 Å². The first-order chi connectivity index (χ1) is 7.94. The molecular weight excluding hydrogens is 217 g/mol. The van der Waals surface area contributed by atoms with Gasteiger partial charge in [-0.05, 0) is 51.3 Å². The van der Waals surface area contributed by atoms with Crippen molar-refractivity contribution in [1.82, 2.24) is 0 Å². The second-order valence-electron chi connectivity index (χ2n) is 4.88. The minimum atomic E-state index is -0.339. The lowest BCUT2D eigenvalue weighted by Gasteiger charge is -2.15. The van der Waals surface area contributed by atoms with Crippen LogP contribution in [0.25, 0.3) is 0 Å². The highest BCUT2D eigenvalue weighted by Gasteiger charge is 2.15. The van der Waals surface area contributed by atoms with Gasteiger partial charge in [-0.3, -0.25) is 0 Å². The van der Waals surface area contributed by atoms with E-state index in [9.17, 15) is 4.39 Å². The van der Waals surface area contributed by atoms with Gasteiger partial charge < -0.3 is 4.74 Å². The van der Waals surface area contributed by atoms with Crippen LogP contribution >= 0.6 is 0 Å². The summed E-state index contributed by atoms with van der Waals surface area (Å²) in [5, 5.41) is 8.84. The van der Waals surface area contributed by atoms with E-state index in [1.165, 1.54) is 6.07 Å². The van der Waals surface area contributed by atoms with Crippen LogP contribution in [0.4, 0.5) is 4.39 Å². The van der Waals surface area contributed by atoms with Crippen molar-refractivity contribution in [1.29, 1.82) is 5.26 Å². The highest BCUT2D eigenvalue weighted by molar-refractivity contribution is 5.29. The van der Waals surface area contributed by atoms with Gasteiger partial charge in [-0.25, -0.2) is 4.39 Å². The Balaban J connectivity index is 2.42. The highest BCUT2D eigenvalue weighted by Crippen LogP contribution is 2.22. The van der Waals surface area contributed by atoms with E-state index >= 15 is 0 Å². The number of rotatable bonds is 5. The first-order valence-electron chi connectivity index (χ1n) is 5.75. The maximum absolute atomic E-state index is 13.3. The van der Waals surface area contributed by atoms with Crippen LogP contribution in [-0.4, -0.2) is 6.61 Å². The Labute approximate surface area is 102 Å². The lowest BCUT2D eigenvalue weighted by atomic mass is 9.90. The summed E-state index contributed by atoms with van der Waals surface area (Å²) in [6.45, 7) is 6.11. The largest absolute Gasteiger partial charge is 0.491 e. The number of nitrogens with zero attached hydrogens (tertiary/aromatic N) is 1. The number of aryl methyl sites for hydroxylation is 1. The molecule has 0 saturated heterocycles. The number of benzene rings is 1. The van der Waals surface area contributed by atoms with Gasteiger partial charge in [-0.2, -0.15) is 5.26 Å². The quantitative estimate of drug-likeness (QED) is 0.726. The molecule has 0 aliphatic carbocycles. The normalized spacial score (nSPS) is 11.0. The summed E-state index contributed by atoms with van der Waals surface area (Å²) in [6.07, 6.45) is 1.49. The summed E-state index contributed by atoms with van der Waals surface area (Å²) in [4.78, 5) is 0. The van der Waals surface area contributed by atoms with Gasteiger partial charge in [-0.1, -0.05) is 6.07 Å². The second-order valence-corrected chi connectivity index (χ2v) is 4.88. The zero-order chi connectivity index (χ0) is 12.9. The molecule has 0 saturated carbocycles. The molecule has 0 fully saturated rings. The van der Waals surface area contributed by atoms with Gasteiger partial charge in [-0.15, -0.1) is 0 Å². The Hall–Kier alpha value is -1.56. The van der Waals surface area contributed by atoms with E-state index < -0.39 is 0 Å². The topological polar surface area (TPSA) is 33.0 Å². The van der Waals surface area contributed by atoms with Crippen LogP contribution in [0, 0.1) is 29.5 Å². The Morgan fingerprint density at radius 2 is 2.12 bits per heavy atom. The molecule has 2 nitrogen and oxygen atoms in total.